The molecule has 240 valence electrons. The Morgan fingerprint density at radius 3 is 2.72 bits per heavy atom. The number of nitrogens with one attached hydrogen (secondary N) is 2. The van der Waals surface area contributed by atoms with Crippen LogP contribution >= 0.6 is 11.3 Å². The number of hydrogen-bond donors (Lipinski definition) is 3. The van der Waals surface area contributed by atoms with E-state index in [9.17, 15) is 14.0 Å². The number of primary amides is 1. The molecule has 7 rings (SSSR count). The summed E-state index contributed by atoms with van der Waals surface area (Å²) >= 11 is 1.51. The molecule has 0 saturated carbocycles. The van der Waals surface area contributed by atoms with Crippen molar-refractivity contribution in [3.8, 4) is 10.4 Å². The lowest BCUT2D eigenvalue weighted by Gasteiger charge is -2.28. The van der Waals surface area contributed by atoms with Gasteiger partial charge in [-0.25, -0.2) is 9.37 Å². The van der Waals surface area contributed by atoms with Crippen LogP contribution in [0.15, 0.2) is 60.9 Å². The number of aromatic nitrogens is 3. The highest BCUT2D eigenvalue weighted by Gasteiger charge is 2.34. The van der Waals surface area contributed by atoms with Crippen LogP contribution < -0.4 is 16.4 Å². The Hall–Kier alpha value is -4.70. The maximum absolute atomic E-state index is 13.9. The zero-order valence-electron chi connectivity index (χ0n) is 26.5. The second-order valence-corrected chi connectivity index (χ2v) is 14.0. The third-order valence-electron chi connectivity index (χ3n) is 9.18. The van der Waals surface area contributed by atoms with Crippen molar-refractivity contribution in [1.82, 2.24) is 20.3 Å². The molecule has 4 N–H and O–H groups in total. The predicted molar refractivity (Wildman–Crippen MR) is 183 cm³/mol. The van der Waals surface area contributed by atoms with Crippen LogP contribution in [0.2, 0.25) is 0 Å². The number of rotatable bonds is 10. The molecule has 2 aliphatic rings. The molecule has 47 heavy (non-hydrogen) atoms. The smallest absolute Gasteiger partial charge is 0.254 e. The fourth-order valence-electron chi connectivity index (χ4n) is 6.98. The van der Waals surface area contributed by atoms with Gasteiger partial charge < -0.3 is 16.4 Å². The molecule has 1 aliphatic carbocycles. The lowest BCUT2D eigenvalue weighted by molar-refractivity contribution is 0.0922. The number of nitrogens with zero attached hydrogens (tertiary/aromatic N) is 3. The summed E-state index contributed by atoms with van der Waals surface area (Å²) in [7, 11) is 0. The first-order valence-corrected chi connectivity index (χ1v) is 17.0. The molecule has 4 aromatic heterocycles. The minimum absolute atomic E-state index is 0.148. The van der Waals surface area contributed by atoms with Gasteiger partial charge in [0.15, 0.2) is 0 Å². The lowest BCUT2D eigenvalue weighted by atomic mass is 9.87. The van der Waals surface area contributed by atoms with E-state index in [4.69, 9.17) is 10.7 Å². The van der Waals surface area contributed by atoms with Crippen LogP contribution in [-0.2, 0) is 25.7 Å². The Balaban J connectivity index is 1.25. The second-order valence-electron chi connectivity index (χ2n) is 13.0. The van der Waals surface area contributed by atoms with Gasteiger partial charge in [0.05, 0.1) is 27.2 Å². The number of pyridine rings is 3. The van der Waals surface area contributed by atoms with Gasteiger partial charge in [0.1, 0.15) is 11.6 Å². The van der Waals surface area contributed by atoms with E-state index in [0.717, 1.165) is 45.7 Å². The SMILES string of the molecule is CC(C)Cc1nc2c(c(-c3cc4ccnc(NCC5CCc6ncccc65)c4s3)c1C(N)=O)C(=O)N[C@@H](CCc1ccc(F)cc1)C2. The van der Waals surface area contributed by atoms with Crippen molar-refractivity contribution >= 4 is 39.1 Å². The number of carbonyl (C=O) groups excluding carboxylic acids is 2. The highest BCUT2D eigenvalue weighted by atomic mass is 32.1. The molecular formula is C37H37FN6O2S. The number of halogens is 1. The normalized spacial score (nSPS) is 17.1. The number of hydrogen-bond acceptors (Lipinski definition) is 7. The van der Waals surface area contributed by atoms with Crippen LogP contribution in [0.25, 0.3) is 20.5 Å². The third kappa shape index (κ3) is 6.22. The van der Waals surface area contributed by atoms with Crippen molar-refractivity contribution in [2.24, 2.45) is 11.7 Å². The van der Waals surface area contributed by atoms with Gasteiger partial charge in [0.25, 0.3) is 11.8 Å². The van der Waals surface area contributed by atoms with Gasteiger partial charge in [-0.2, -0.15) is 0 Å². The summed E-state index contributed by atoms with van der Waals surface area (Å²) in [4.78, 5) is 42.0. The van der Waals surface area contributed by atoms with Crippen molar-refractivity contribution in [3.63, 3.8) is 0 Å². The summed E-state index contributed by atoms with van der Waals surface area (Å²) in [5, 5.41) is 7.72. The first-order valence-electron chi connectivity index (χ1n) is 16.2. The molecule has 0 spiro atoms. The van der Waals surface area contributed by atoms with E-state index in [1.54, 1.807) is 18.3 Å². The third-order valence-corrected chi connectivity index (χ3v) is 10.4. The summed E-state index contributed by atoms with van der Waals surface area (Å²) in [6, 6.07) is 14.4. The van der Waals surface area contributed by atoms with E-state index < -0.39 is 5.91 Å². The number of aryl methyl sites for hydroxylation is 2. The summed E-state index contributed by atoms with van der Waals surface area (Å²) < 4.78 is 14.4. The molecular weight excluding hydrogens is 612 g/mol. The average molecular weight is 649 g/mol. The molecule has 5 heterocycles. The molecule has 8 nitrogen and oxygen atoms in total. The topological polar surface area (TPSA) is 123 Å². The molecule has 10 heteroatoms. The van der Waals surface area contributed by atoms with E-state index in [1.165, 1.54) is 34.7 Å². The van der Waals surface area contributed by atoms with Gasteiger partial charge in [0, 0.05) is 53.5 Å². The maximum Gasteiger partial charge on any atom is 0.254 e. The Kier molecular flexibility index (Phi) is 8.44. The van der Waals surface area contributed by atoms with Gasteiger partial charge in [-0.05, 0) is 84.9 Å². The van der Waals surface area contributed by atoms with Gasteiger partial charge >= 0.3 is 0 Å². The molecule has 1 aliphatic heterocycles. The fourth-order valence-corrected chi connectivity index (χ4v) is 8.16. The Morgan fingerprint density at radius 1 is 1.11 bits per heavy atom. The number of thiophene rings is 1. The van der Waals surface area contributed by atoms with Crippen molar-refractivity contribution in [2.75, 3.05) is 11.9 Å². The van der Waals surface area contributed by atoms with Crippen molar-refractivity contribution in [2.45, 2.75) is 64.3 Å². The monoisotopic (exact) mass is 648 g/mol. The number of amides is 2. The first-order chi connectivity index (χ1) is 22.7. The molecule has 1 unspecified atom stereocenters. The summed E-state index contributed by atoms with van der Waals surface area (Å²) in [6.07, 6.45) is 8.08. The molecule has 2 atom stereocenters. The quantitative estimate of drug-likeness (QED) is 0.157. The largest absolute Gasteiger partial charge is 0.368 e. The van der Waals surface area contributed by atoms with Gasteiger partial charge in [-0.1, -0.05) is 32.0 Å². The van der Waals surface area contributed by atoms with E-state index in [2.05, 4.69) is 40.5 Å². The summed E-state index contributed by atoms with van der Waals surface area (Å²) in [5.41, 5.74) is 12.1. The summed E-state index contributed by atoms with van der Waals surface area (Å²) in [5.74, 6) is 0.204. The molecule has 0 radical (unpaired) electrons. The zero-order valence-corrected chi connectivity index (χ0v) is 27.3. The lowest BCUT2D eigenvalue weighted by Crippen LogP contribution is -2.43. The molecule has 5 aromatic rings. The van der Waals surface area contributed by atoms with Gasteiger partial charge in [-0.3, -0.25) is 19.6 Å². The van der Waals surface area contributed by atoms with Crippen LogP contribution in [-0.4, -0.2) is 39.4 Å². The number of benzene rings is 1. The number of anilines is 1. The Labute approximate surface area is 277 Å². The first kappa shape index (κ1) is 30.9. The molecule has 0 saturated heterocycles. The molecule has 0 bridgehead atoms. The number of fused-ring (bicyclic) bond motifs is 3. The minimum Gasteiger partial charge on any atom is -0.368 e. The number of carbonyl (C=O) groups is 2. The van der Waals surface area contributed by atoms with Gasteiger partial charge in [-0.15, -0.1) is 11.3 Å². The van der Waals surface area contributed by atoms with E-state index in [1.807, 2.05) is 24.4 Å². The van der Waals surface area contributed by atoms with Crippen molar-refractivity contribution < 1.29 is 14.0 Å². The zero-order chi connectivity index (χ0) is 32.7. The van der Waals surface area contributed by atoms with E-state index in [-0.39, 0.29) is 23.7 Å². The summed E-state index contributed by atoms with van der Waals surface area (Å²) in [6.45, 7) is 4.88. The maximum atomic E-state index is 13.9. The van der Waals surface area contributed by atoms with Crippen LogP contribution in [0.4, 0.5) is 10.2 Å². The predicted octanol–water partition coefficient (Wildman–Crippen LogP) is 6.62. The van der Waals surface area contributed by atoms with Crippen LogP contribution in [0.3, 0.4) is 0 Å². The Bertz CT molecular complexity index is 1990. The second kappa shape index (κ2) is 12.8. The van der Waals surface area contributed by atoms with Crippen molar-refractivity contribution in [3.05, 3.63) is 106 Å². The fraction of sp³-hybridized carbons (Fsp3) is 0.324. The molecule has 2 amide bonds. The average Bonchev–Trinajstić information content (AvgIpc) is 3.67. The van der Waals surface area contributed by atoms with E-state index in [0.29, 0.717) is 59.7 Å². The Morgan fingerprint density at radius 2 is 1.94 bits per heavy atom. The van der Waals surface area contributed by atoms with Crippen LogP contribution in [0, 0.1) is 11.7 Å². The van der Waals surface area contributed by atoms with Crippen LogP contribution in [0.1, 0.15) is 81.5 Å². The highest BCUT2D eigenvalue weighted by Crippen LogP contribution is 2.42. The standard InChI is InChI=1S/C37H37FN6O2S/c1-20(2)16-28-31(35(39)45)33(32-29(44-28)18-25(43-37(32)46)11-7-21-5-9-24(38)10-6-21)30-17-22-13-15-41-36(34(22)47-30)42-19-23-8-12-27-26(23)4-3-14-40-27/h3-6,9-10,13-15,17,20,23,25H,7-8,11-12,16,18-19H2,1-2H3,(H2,39,45)(H,41,42)(H,43,46)/t23?,25-/m0/s1. The molecule has 0 fully saturated rings. The minimum atomic E-state index is -0.598. The number of nitrogens with two attached hydrogens (primary N) is 1. The van der Waals surface area contributed by atoms with E-state index >= 15 is 0 Å². The van der Waals surface area contributed by atoms with Crippen LogP contribution in [0.5, 0.6) is 0 Å². The van der Waals surface area contributed by atoms with Crippen molar-refractivity contribution in [1.29, 1.82) is 0 Å². The molecule has 1 aromatic carbocycles. The van der Waals surface area contributed by atoms with Gasteiger partial charge in [0.2, 0.25) is 0 Å². The highest BCUT2D eigenvalue weighted by molar-refractivity contribution is 7.22.